The van der Waals surface area contributed by atoms with Crippen molar-refractivity contribution in [2.24, 2.45) is 4.99 Å². The summed E-state index contributed by atoms with van der Waals surface area (Å²) in [6.45, 7) is -2.09. The summed E-state index contributed by atoms with van der Waals surface area (Å²) in [5.41, 5.74) is 1.20. The number of anilines is 1. The van der Waals surface area contributed by atoms with Crippen LogP contribution in [-0.4, -0.2) is 38.4 Å². The molecular formula is C22H24F2N2O3. The van der Waals surface area contributed by atoms with Gasteiger partial charge >= 0.3 is 6.61 Å². The lowest BCUT2D eigenvalue weighted by Crippen LogP contribution is -2.36. The predicted molar refractivity (Wildman–Crippen MR) is 109 cm³/mol. The minimum absolute atomic E-state index is 0.0197. The molecule has 0 amide bonds. The van der Waals surface area contributed by atoms with Gasteiger partial charge in [-0.3, -0.25) is 9.79 Å². The molecule has 3 rings (SSSR count). The monoisotopic (exact) mass is 402 g/mol. The molecule has 0 atom stereocenters. The molecular weight excluding hydrogens is 378 g/mol. The van der Waals surface area contributed by atoms with E-state index in [9.17, 15) is 13.6 Å². The molecule has 0 spiro atoms. The number of Topliss-reactive ketones (excluding diaryl/α,β-unsaturated/α-hetero) is 1. The maximum Gasteiger partial charge on any atom is 0.387 e. The average Bonchev–Trinajstić information content (AvgIpc) is 3.01. The fourth-order valence-corrected chi connectivity index (χ4v) is 3.30. The fraction of sp³-hybridized carbons (Fsp3) is 0.364. The number of nitrogens with zero attached hydrogens (tertiary/aromatic N) is 2. The number of carbonyl (C=O) groups is 1. The number of ether oxygens (including phenoxy) is 2. The number of para-hydroxylation sites is 2. The van der Waals surface area contributed by atoms with E-state index in [1.54, 1.807) is 7.11 Å². The first-order valence-electron chi connectivity index (χ1n) is 9.60. The second kappa shape index (κ2) is 10.0. The normalized spacial score (nSPS) is 14.1. The summed E-state index contributed by atoms with van der Waals surface area (Å²) < 4.78 is 34.5. The summed E-state index contributed by atoms with van der Waals surface area (Å²) >= 11 is 0. The lowest BCUT2D eigenvalue weighted by atomic mass is 10.1. The standard InChI is InChI=1S/C22H24F2N2O3/c1-28-20-8-5-4-7-18(20)26(21-9-3-2-6-14-25-21)15-19(27)16-10-12-17(13-11-16)29-22(23)24/h4-5,7-8,10-13,22H,2-3,6,9,14-15H2,1H3. The Morgan fingerprint density at radius 1 is 1.10 bits per heavy atom. The molecule has 0 N–H and O–H groups in total. The van der Waals surface area contributed by atoms with Crippen LogP contribution in [0.2, 0.25) is 0 Å². The van der Waals surface area contributed by atoms with Crippen LogP contribution in [0.25, 0.3) is 0 Å². The van der Waals surface area contributed by atoms with Gasteiger partial charge in [0.15, 0.2) is 5.78 Å². The fourth-order valence-electron chi connectivity index (χ4n) is 3.30. The number of methoxy groups -OCH3 is 1. The predicted octanol–water partition coefficient (Wildman–Crippen LogP) is 4.96. The SMILES string of the molecule is COc1ccccc1N(CC(=O)c1ccc(OC(F)F)cc1)C1=NCCCCC1. The lowest BCUT2D eigenvalue weighted by molar-refractivity contribution is -0.0498. The van der Waals surface area contributed by atoms with Gasteiger partial charge in [-0.25, -0.2) is 0 Å². The zero-order valence-electron chi connectivity index (χ0n) is 16.3. The average molecular weight is 402 g/mol. The summed E-state index contributed by atoms with van der Waals surface area (Å²) in [5.74, 6) is 1.39. The van der Waals surface area contributed by atoms with Crippen molar-refractivity contribution in [1.82, 2.24) is 0 Å². The van der Waals surface area contributed by atoms with Gasteiger partial charge in [0.2, 0.25) is 0 Å². The van der Waals surface area contributed by atoms with Crippen molar-refractivity contribution in [3.05, 3.63) is 54.1 Å². The zero-order chi connectivity index (χ0) is 20.6. The molecule has 5 nitrogen and oxygen atoms in total. The second-order valence-corrected chi connectivity index (χ2v) is 6.69. The number of hydrogen-bond acceptors (Lipinski definition) is 5. The molecule has 29 heavy (non-hydrogen) atoms. The van der Waals surface area contributed by atoms with Gasteiger partial charge in [-0.15, -0.1) is 0 Å². The Kier molecular flexibility index (Phi) is 7.16. The molecule has 154 valence electrons. The van der Waals surface area contributed by atoms with E-state index in [1.165, 1.54) is 24.3 Å². The summed E-state index contributed by atoms with van der Waals surface area (Å²) in [5, 5.41) is 0. The van der Waals surface area contributed by atoms with Crippen molar-refractivity contribution < 1.29 is 23.0 Å². The van der Waals surface area contributed by atoms with E-state index in [4.69, 9.17) is 9.73 Å². The molecule has 1 heterocycles. The van der Waals surface area contributed by atoms with Crippen LogP contribution in [0.1, 0.15) is 36.0 Å². The van der Waals surface area contributed by atoms with Crippen molar-refractivity contribution >= 4 is 17.3 Å². The molecule has 0 radical (unpaired) electrons. The number of carbonyl (C=O) groups excluding carboxylic acids is 1. The quantitative estimate of drug-likeness (QED) is 0.615. The minimum atomic E-state index is -2.90. The first kappa shape index (κ1) is 20.8. The number of hydrogen-bond donors (Lipinski definition) is 0. The van der Waals surface area contributed by atoms with Crippen LogP contribution in [0.4, 0.5) is 14.5 Å². The third kappa shape index (κ3) is 5.53. The van der Waals surface area contributed by atoms with E-state index in [1.807, 2.05) is 29.2 Å². The van der Waals surface area contributed by atoms with Crippen LogP contribution in [0, 0.1) is 0 Å². The number of aliphatic imine (C=N–C) groups is 1. The number of benzene rings is 2. The Bertz CT molecular complexity index is 853. The lowest BCUT2D eigenvalue weighted by Gasteiger charge is -2.27. The molecule has 2 aromatic rings. The smallest absolute Gasteiger partial charge is 0.387 e. The summed E-state index contributed by atoms with van der Waals surface area (Å²) in [6.07, 6.45) is 3.93. The van der Waals surface area contributed by atoms with Crippen LogP contribution in [0.3, 0.4) is 0 Å². The Balaban J connectivity index is 1.86. The number of amidine groups is 1. The van der Waals surface area contributed by atoms with E-state index >= 15 is 0 Å². The van der Waals surface area contributed by atoms with Crippen LogP contribution >= 0.6 is 0 Å². The molecule has 0 unspecified atom stereocenters. The van der Waals surface area contributed by atoms with Crippen LogP contribution < -0.4 is 14.4 Å². The van der Waals surface area contributed by atoms with Gasteiger partial charge in [0.25, 0.3) is 0 Å². The Labute approximate surface area is 169 Å². The first-order chi connectivity index (χ1) is 14.1. The third-order valence-electron chi connectivity index (χ3n) is 4.74. The van der Waals surface area contributed by atoms with Gasteiger partial charge in [-0.2, -0.15) is 8.78 Å². The molecule has 0 aromatic heterocycles. The van der Waals surface area contributed by atoms with E-state index < -0.39 is 6.61 Å². The number of ketones is 1. The van der Waals surface area contributed by atoms with Crippen molar-refractivity contribution in [3.8, 4) is 11.5 Å². The van der Waals surface area contributed by atoms with E-state index in [0.29, 0.717) is 11.3 Å². The maximum absolute atomic E-state index is 13.0. The third-order valence-corrected chi connectivity index (χ3v) is 4.74. The number of alkyl halides is 2. The first-order valence-corrected chi connectivity index (χ1v) is 9.60. The molecule has 0 aliphatic carbocycles. The van der Waals surface area contributed by atoms with Gasteiger partial charge in [0, 0.05) is 18.5 Å². The summed E-state index contributed by atoms with van der Waals surface area (Å²) in [7, 11) is 1.59. The van der Waals surface area contributed by atoms with Crippen molar-refractivity contribution in [2.75, 3.05) is 25.1 Å². The summed E-state index contributed by atoms with van der Waals surface area (Å²) in [6, 6.07) is 13.2. The van der Waals surface area contributed by atoms with Gasteiger partial charge in [-0.1, -0.05) is 18.6 Å². The number of halogens is 2. The molecule has 2 aromatic carbocycles. The molecule has 7 heteroatoms. The van der Waals surface area contributed by atoms with Gasteiger partial charge < -0.3 is 14.4 Å². The molecule has 1 aliphatic heterocycles. The highest BCUT2D eigenvalue weighted by Gasteiger charge is 2.22. The van der Waals surface area contributed by atoms with Crippen LogP contribution in [0.15, 0.2) is 53.5 Å². The summed E-state index contributed by atoms with van der Waals surface area (Å²) in [4.78, 5) is 19.6. The Hall–Kier alpha value is -2.96. The topological polar surface area (TPSA) is 51.1 Å². The van der Waals surface area contributed by atoms with Gasteiger partial charge in [-0.05, 0) is 49.2 Å². The van der Waals surface area contributed by atoms with E-state index in [-0.39, 0.29) is 18.1 Å². The molecule has 0 saturated heterocycles. The zero-order valence-corrected chi connectivity index (χ0v) is 16.3. The van der Waals surface area contributed by atoms with Gasteiger partial charge in [0.05, 0.1) is 19.3 Å². The van der Waals surface area contributed by atoms with Crippen molar-refractivity contribution in [2.45, 2.75) is 32.3 Å². The highest BCUT2D eigenvalue weighted by Crippen LogP contribution is 2.30. The maximum atomic E-state index is 13.0. The van der Waals surface area contributed by atoms with E-state index in [2.05, 4.69) is 4.74 Å². The highest BCUT2D eigenvalue weighted by molar-refractivity contribution is 6.07. The Morgan fingerprint density at radius 3 is 2.59 bits per heavy atom. The molecule has 0 saturated carbocycles. The van der Waals surface area contributed by atoms with Crippen molar-refractivity contribution in [1.29, 1.82) is 0 Å². The molecule has 0 fully saturated rings. The largest absolute Gasteiger partial charge is 0.495 e. The Morgan fingerprint density at radius 2 is 1.86 bits per heavy atom. The molecule has 1 aliphatic rings. The highest BCUT2D eigenvalue weighted by atomic mass is 19.3. The van der Waals surface area contributed by atoms with E-state index in [0.717, 1.165) is 43.8 Å². The van der Waals surface area contributed by atoms with Gasteiger partial charge in [0.1, 0.15) is 17.3 Å². The van der Waals surface area contributed by atoms with Crippen molar-refractivity contribution in [3.63, 3.8) is 0 Å². The van der Waals surface area contributed by atoms with Crippen LogP contribution in [-0.2, 0) is 0 Å². The number of rotatable bonds is 7. The molecule has 0 bridgehead atoms. The van der Waals surface area contributed by atoms with Crippen LogP contribution in [0.5, 0.6) is 11.5 Å². The second-order valence-electron chi connectivity index (χ2n) is 6.69. The minimum Gasteiger partial charge on any atom is -0.495 e.